The van der Waals surface area contributed by atoms with E-state index in [1.165, 1.54) is 155 Å². The molecular formula is C92H94ClF12N9O13S8. The highest BCUT2D eigenvalue weighted by molar-refractivity contribution is 7.94. The second kappa shape index (κ2) is 46.8. The van der Waals surface area contributed by atoms with E-state index in [0.717, 1.165) is 62.6 Å². The first-order valence-corrected chi connectivity index (χ1v) is 50.7. The van der Waals surface area contributed by atoms with Crippen LogP contribution in [-0.4, -0.2) is 134 Å². The minimum Gasteiger partial charge on any atom is -0.478 e. The number of ether oxygens (including phenoxy) is 3. The highest BCUT2D eigenvalue weighted by Gasteiger charge is 2.37. The van der Waals surface area contributed by atoms with Crippen LogP contribution in [0.1, 0.15) is 142 Å². The lowest BCUT2D eigenvalue weighted by Gasteiger charge is -2.24. The molecule has 8 aromatic carbocycles. The molecule has 5 heterocycles. The number of carbonyl (C=O) groups excluding carboxylic acids is 2. The van der Waals surface area contributed by atoms with E-state index < -0.39 is 96.6 Å². The van der Waals surface area contributed by atoms with Crippen molar-refractivity contribution in [2.24, 2.45) is 10.1 Å². The predicted molar refractivity (Wildman–Crippen MR) is 510 cm³/mol. The molecule has 0 saturated heterocycles. The Bertz CT molecular complexity index is 6730. The normalized spacial score (nSPS) is 12.7. The van der Waals surface area contributed by atoms with Crippen molar-refractivity contribution in [3.8, 4) is 6.07 Å². The Balaban J connectivity index is 0.000000202. The maximum absolute atomic E-state index is 13.8. The lowest BCUT2D eigenvalue weighted by molar-refractivity contribution is -0.136. The topological polar surface area (TPSA) is 296 Å². The molecule has 0 spiro atoms. The van der Waals surface area contributed by atoms with Crippen molar-refractivity contribution < 1.29 is 110 Å². The average Bonchev–Trinajstić information content (AvgIpc) is 1.63. The number of benzene rings is 8. The molecule has 0 atom stereocenters. The molecule has 0 radical (unpaired) electrons. The zero-order valence-electron chi connectivity index (χ0n) is 73.6. The number of hydrogen-bond donors (Lipinski definition) is 2. The maximum atomic E-state index is 13.8. The fraction of sp³-hybridized carbons (Fsp3) is 0.326. The van der Waals surface area contributed by atoms with Crippen LogP contribution in [0, 0.1) is 44.4 Å². The second-order valence-electron chi connectivity index (χ2n) is 30.3. The number of hydrogen-bond acceptors (Lipinski definition) is 20. The van der Waals surface area contributed by atoms with E-state index >= 15 is 0 Å². The van der Waals surface area contributed by atoms with Crippen molar-refractivity contribution >= 4 is 188 Å². The molecule has 0 fully saturated rings. The second-order valence-corrected chi connectivity index (χ2v) is 41.8. The van der Waals surface area contributed by atoms with Gasteiger partial charge in [-0.1, -0.05) is 84.9 Å². The van der Waals surface area contributed by atoms with Gasteiger partial charge < -0.3 is 14.2 Å². The standard InChI is InChI=1S/C25H27F3N2O5S2.C23H22F3N3O3S2.C23H25F3N2O3S2.C21H19F3N2O2S2.ClH/c1-4-35-22(29-24(31)34-3)18-11-13-19(14-12-18)37(32,33)30(16-8-7-15-25(26,27)28)23-17(2)20-9-5-6-10-21(20)36-23;1-15-18-6-2-3-7-20(18)33-22(15)29(13-5-4-12-23(24,25)26)34(31,32)17-10-8-16(9-11-17)19-14-21(30)28-27-19;1-3-31-21(27)17-10-12-18(13-11-17)33(29,30)28(15-7-6-14-23(24,25)26)22-16(2)19-8-4-5-9-20(19)32-22;1-15-18-6-2-3-7-19(18)29-20(15)26(13-5-4-12-21(22,23)24)30(27,28)17-10-8-16(14-25)9-11-17;/h5-6,9-14H,4,7-8,15-16H2,1-3H3;2-3,6-11H,4-5,12-14H2,1H3,(H,28,30);4-5,8-13,27H,3,6-7,14-15H2,1-2H3;2-3,6-11H,4-5,12-13H2,1H3;1H. The van der Waals surface area contributed by atoms with E-state index in [-0.39, 0.29) is 140 Å². The zero-order chi connectivity index (χ0) is 97.9. The van der Waals surface area contributed by atoms with Crippen molar-refractivity contribution in [1.29, 1.82) is 10.7 Å². The van der Waals surface area contributed by atoms with Gasteiger partial charge in [-0.05, 0) is 251 Å². The third-order valence-electron chi connectivity index (χ3n) is 20.8. The van der Waals surface area contributed by atoms with Gasteiger partial charge in [0.1, 0.15) is 20.0 Å². The first kappa shape index (κ1) is 108. The summed E-state index contributed by atoms with van der Waals surface area (Å²) < 4.78 is 284. The van der Waals surface area contributed by atoms with Gasteiger partial charge in [-0.25, -0.2) is 43.9 Å². The quantitative estimate of drug-likeness (QED) is 0.0167. The van der Waals surface area contributed by atoms with Gasteiger partial charge in [0.25, 0.3) is 40.1 Å². The number of alkyl halides is 12. The zero-order valence-corrected chi connectivity index (χ0v) is 80.9. The Kier molecular flexibility index (Phi) is 37.3. The fourth-order valence-electron chi connectivity index (χ4n) is 14.0. The van der Waals surface area contributed by atoms with Gasteiger partial charge in [-0.15, -0.1) is 62.7 Å². The average molecular weight is 2050 g/mol. The maximum Gasteiger partial charge on any atom is 0.436 e. The molecule has 1 aliphatic rings. The Morgan fingerprint density at radius 3 is 0.978 bits per heavy atom. The summed E-state index contributed by atoms with van der Waals surface area (Å²) in [6.07, 6.45) is -22.2. The smallest absolute Gasteiger partial charge is 0.436 e. The molecular weight excluding hydrogens is 1960 g/mol. The van der Waals surface area contributed by atoms with Crippen molar-refractivity contribution in [2.75, 3.05) is 63.7 Å². The first-order valence-electron chi connectivity index (χ1n) is 41.7. The molecule has 22 nitrogen and oxygen atoms in total. The number of methoxy groups -OCH3 is 1. The molecule has 2 N–H and O–H groups in total. The van der Waals surface area contributed by atoms with Crippen LogP contribution in [0.3, 0.4) is 0 Å². The highest BCUT2D eigenvalue weighted by atomic mass is 35.5. The van der Waals surface area contributed by atoms with E-state index in [4.69, 9.17) is 20.1 Å². The number of nitrogens with zero attached hydrogens (tertiary/aromatic N) is 7. The predicted octanol–water partition coefficient (Wildman–Crippen LogP) is 25.0. The Morgan fingerprint density at radius 2 is 0.719 bits per heavy atom. The minimum absolute atomic E-state index is 0. The van der Waals surface area contributed by atoms with Crippen LogP contribution in [0.5, 0.6) is 0 Å². The van der Waals surface area contributed by atoms with Gasteiger partial charge in [0, 0.05) is 81.8 Å². The van der Waals surface area contributed by atoms with E-state index in [0.29, 0.717) is 54.6 Å². The summed E-state index contributed by atoms with van der Waals surface area (Å²) in [6.45, 7) is 10.9. The molecule has 13 rings (SSSR count). The lowest BCUT2D eigenvalue weighted by atomic mass is 10.1. The third-order valence-corrected chi connectivity index (χ3v) is 33.7. The first-order chi connectivity index (χ1) is 63.2. The monoisotopic (exact) mass is 2050 g/mol. The number of fused-ring (bicyclic) bond motifs is 4. The molecule has 1 aliphatic heterocycles. The number of sulfonamides is 4. The highest BCUT2D eigenvalue weighted by Crippen LogP contribution is 2.46. The lowest BCUT2D eigenvalue weighted by Crippen LogP contribution is -2.32. The van der Waals surface area contributed by atoms with E-state index in [1.54, 1.807) is 32.9 Å². The summed E-state index contributed by atoms with van der Waals surface area (Å²) in [5, 5.41) is 26.3. The molecule has 43 heteroatoms. The number of anilines is 4. The third kappa shape index (κ3) is 28.4. The van der Waals surface area contributed by atoms with Crippen LogP contribution < -0.4 is 22.6 Å². The number of nitrogens with one attached hydrogen (secondary N) is 2. The number of aryl methyl sites for hydroxylation is 4. The number of rotatable bonds is 33. The number of aliphatic imine (C=N–C) groups is 1. The van der Waals surface area contributed by atoms with Gasteiger partial charge in [-0.2, -0.15) is 63.0 Å². The molecule has 0 bridgehead atoms. The molecule has 0 saturated carbocycles. The van der Waals surface area contributed by atoms with Crippen LogP contribution in [-0.2, 0) is 59.1 Å². The largest absolute Gasteiger partial charge is 0.478 e. The van der Waals surface area contributed by atoms with Gasteiger partial charge in [0.05, 0.1) is 63.7 Å². The van der Waals surface area contributed by atoms with Crippen molar-refractivity contribution in [3.05, 3.63) is 239 Å². The van der Waals surface area contributed by atoms with Crippen molar-refractivity contribution in [1.82, 2.24) is 5.43 Å². The molecule has 135 heavy (non-hydrogen) atoms. The van der Waals surface area contributed by atoms with Crippen molar-refractivity contribution in [3.63, 3.8) is 0 Å². The number of nitriles is 1. The summed E-state index contributed by atoms with van der Waals surface area (Å²) in [5.41, 5.74) is 7.64. The minimum atomic E-state index is -4.31. The van der Waals surface area contributed by atoms with Crippen LogP contribution in [0.2, 0.25) is 0 Å². The van der Waals surface area contributed by atoms with Crippen molar-refractivity contribution in [2.45, 2.75) is 169 Å². The van der Waals surface area contributed by atoms with Crippen LogP contribution in [0.15, 0.2) is 224 Å². The molecule has 2 amide bonds. The molecule has 0 aliphatic carbocycles. The van der Waals surface area contributed by atoms with E-state index in [1.807, 2.05) is 124 Å². The molecule has 724 valence electrons. The number of unbranched alkanes of at least 4 members (excludes halogenated alkanes) is 4. The number of thiophene rings is 4. The Hall–Kier alpha value is -10.9. The van der Waals surface area contributed by atoms with Crippen LogP contribution in [0.25, 0.3) is 40.3 Å². The molecule has 12 aromatic rings. The van der Waals surface area contributed by atoms with E-state index in [9.17, 15) is 95.9 Å². The van der Waals surface area contributed by atoms with Gasteiger partial charge in [0.15, 0.2) is 0 Å². The number of amides is 2. The summed E-state index contributed by atoms with van der Waals surface area (Å²) in [6, 6.07) is 54.7. The SMILES string of the molecule is CCOC(=N)c1ccc(S(=O)(=O)N(CCCCC(F)(F)F)c2sc3ccccc3c2C)cc1.CCOC(=NC(=O)OC)c1ccc(S(=O)(=O)N(CCCCC(F)(F)F)c2sc3ccccc3c2C)cc1.Cc1c(N(CCCCC(F)(F)F)S(=O)(=O)c2ccc(C#N)cc2)sc2ccccc12.Cc1c(N(CCCCC(F)(F)F)S(=O)(=O)c2ccc(C3=NNC(=O)C3)cc2)sc2ccccc12.Cl. The number of hydrazone groups is 1. The fourth-order valence-corrected chi connectivity index (χ4v) is 26.1. The van der Waals surface area contributed by atoms with Crippen LogP contribution in [0.4, 0.5) is 77.5 Å². The summed E-state index contributed by atoms with van der Waals surface area (Å²) >= 11 is 5.17. The van der Waals surface area contributed by atoms with Gasteiger partial charge in [0.2, 0.25) is 17.7 Å². The number of carbonyl (C=O) groups is 2. The number of halogens is 13. The Labute approximate surface area is 796 Å². The molecule has 4 aromatic heterocycles. The summed E-state index contributed by atoms with van der Waals surface area (Å²) in [4.78, 5) is 26.6. The molecule has 0 unspecified atom stereocenters. The van der Waals surface area contributed by atoms with Gasteiger partial charge in [-0.3, -0.25) is 27.4 Å². The summed E-state index contributed by atoms with van der Waals surface area (Å²) in [5.74, 6) is -0.328. The Morgan fingerprint density at radius 1 is 0.437 bits per heavy atom. The van der Waals surface area contributed by atoms with Crippen LogP contribution >= 0.6 is 57.8 Å². The van der Waals surface area contributed by atoms with Gasteiger partial charge >= 0.3 is 30.8 Å². The summed E-state index contributed by atoms with van der Waals surface area (Å²) in [7, 11) is -15.1. The van der Waals surface area contributed by atoms with E-state index in [2.05, 4.69) is 20.3 Å².